The molecule has 1 aliphatic heterocycles. The Morgan fingerprint density at radius 1 is 1.17 bits per heavy atom. The van der Waals surface area contributed by atoms with Crippen molar-refractivity contribution in [1.29, 1.82) is 0 Å². The molecule has 1 heteroatoms. The first-order valence-electron chi connectivity index (χ1n) is 5.08. The van der Waals surface area contributed by atoms with Gasteiger partial charge >= 0.3 is 0 Å². The first-order chi connectivity index (χ1) is 5.59. The van der Waals surface area contributed by atoms with E-state index in [1.165, 1.54) is 12.8 Å². The maximum absolute atomic E-state index is 4.31. The molecule has 0 aromatic rings. The van der Waals surface area contributed by atoms with Gasteiger partial charge in [-0.1, -0.05) is 27.7 Å². The molecule has 1 aliphatic rings. The van der Waals surface area contributed by atoms with E-state index in [9.17, 15) is 0 Å². The van der Waals surface area contributed by atoms with Crippen LogP contribution in [0.25, 0.3) is 0 Å². The number of hydrogen-bond acceptors (Lipinski definition) is 1. The third kappa shape index (κ3) is 1.55. The fourth-order valence-electron chi connectivity index (χ4n) is 2.42. The molecule has 0 bridgehead atoms. The SMILES string of the molecule is CC(C)C1(C(C)C)CC=NCC1. The van der Waals surface area contributed by atoms with Crippen LogP contribution in [0.5, 0.6) is 0 Å². The van der Waals surface area contributed by atoms with Crippen LogP contribution in [-0.2, 0) is 0 Å². The molecule has 0 amide bonds. The molecule has 0 unspecified atom stereocenters. The highest BCUT2D eigenvalue weighted by atomic mass is 14.7. The lowest BCUT2D eigenvalue weighted by Crippen LogP contribution is -2.36. The van der Waals surface area contributed by atoms with E-state index in [0.29, 0.717) is 5.41 Å². The second kappa shape index (κ2) is 3.59. The van der Waals surface area contributed by atoms with E-state index in [2.05, 4.69) is 38.9 Å². The van der Waals surface area contributed by atoms with Crippen molar-refractivity contribution in [3.63, 3.8) is 0 Å². The molecule has 0 radical (unpaired) electrons. The molecule has 0 atom stereocenters. The Labute approximate surface area is 76.3 Å². The van der Waals surface area contributed by atoms with Crippen molar-refractivity contribution < 1.29 is 0 Å². The second-order valence-electron chi connectivity index (χ2n) is 4.59. The summed E-state index contributed by atoms with van der Waals surface area (Å²) in [5.41, 5.74) is 0.530. The average Bonchev–Trinajstić information content (AvgIpc) is 2.05. The van der Waals surface area contributed by atoms with Crippen LogP contribution < -0.4 is 0 Å². The van der Waals surface area contributed by atoms with Crippen molar-refractivity contribution in [2.24, 2.45) is 22.2 Å². The van der Waals surface area contributed by atoms with Crippen molar-refractivity contribution in [3.8, 4) is 0 Å². The van der Waals surface area contributed by atoms with Gasteiger partial charge in [-0.15, -0.1) is 0 Å². The monoisotopic (exact) mass is 167 g/mol. The van der Waals surface area contributed by atoms with Gasteiger partial charge in [0, 0.05) is 6.54 Å². The Bertz CT molecular complexity index is 160. The summed E-state index contributed by atoms with van der Waals surface area (Å²) in [6.45, 7) is 10.4. The van der Waals surface area contributed by atoms with Gasteiger partial charge < -0.3 is 0 Å². The van der Waals surface area contributed by atoms with Gasteiger partial charge in [-0.3, -0.25) is 4.99 Å². The van der Waals surface area contributed by atoms with E-state index >= 15 is 0 Å². The number of nitrogens with zero attached hydrogens (tertiary/aromatic N) is 1. The molecule has 0 spiro atoms. The van der Waals surface area contributed by atoms with E-state index in [1.54, 1.807) is 0 Å². The zero-order valence-electron chi connectivity index (χ0n) is 8.80. The van der Waals surface area contributed by atoms with E-state index in [4.69, 9.17) is 0 Å². The predicted molar refractivity (Wildman–Crippen MR) is 54.7 cm³/mol. The summed E-state index contributed by atoms with van der Waals surface area (Å²) in [5.74, 6) is 1.56. The number of rotatable bonds is 2. The van der Waals surface area contributed by atoms with Gasteiger partial charge in [0.25, 0.3) is 0 Å². The average molecular weight is 167 g/mol. The molecule has 0 fully saturated rings. The summed E-state index contributed by atoms with van der Waals surface area (Å²) in [5, 5.41) is 0. The smallest absolute Gasteiger partial charge is 0.0391 e. The van der Waals surface area contributed by atoms with E-state index in [0.717, 1.165) is 18.4 Å². The molecule has 12 heavy (non-hydrogen) atoms. The minimum atomic E-state index is 0.530. The molecule has 70 valence electrons. The highest BCUT2D eigenvalue weighted by Crippen LogP contribution is 2.43. The Morgan fingerprint density at radius 3 is 2.00 bits per heavy atom. The summed E-state index contributed by atoms with van der Waals surface area (Å²) in [7, 11) is 0. The Kier molecular flexibility index (Phi) is 2.92. The van der Waals surface area contributed by atoms with Gasteiger partial charge in [-0.25, -0.2) is 0 Å². The number of aliphatic imine (C=N–C) groups is 1. The van der Waals surface area contributed by atoms with Gasteiger partial charge in [0.15, 0.2) is 0 Å². The summed E-state index contributed by atoms with van der Waals surface area (Å²) >= 11 is 0. The Morgan fingerprint density at radius 2 is 1.75 bits per heavy atom. The largest absolute Gasteiger partial charge is 0.297 e. The van der Waals surface area contributed by atoms with Crippen LogP contribution in [0, 0.1) is 17.3 Å². The molecular formula is C11H21N. The third-order valence-electron chi connectivity index (χ3n) is 3.61. The van der Waals surface area contributed by atoms with Crippen molar-refractivity contribution in [1.82, 2.24) is 0 Å². The maximum Gasteiger partial charge on any atom is 0.0391 e. The Balaban J connectivity index is 2.79. The van der Waals surface area contributed by atoms with Crippen LogP contribution in [0.2, 0.25) is 0 Å². The quantitative estimate of drug-likeness (QED) is 0.599. The van der Waals surface area contributed by atoms with Gasteiger partial charge in [0.05, 0.1) is 0 Å². The van der Waals surface area contributed by atoms with E-state index < -0.39 is 0 Å². The summed E-state index contributed by atoms with van der Waals surface area (Å²) in [4.78, 5) is 4.31. The van der Waals surface area contributed by atoms with Gasteiger partial charge in [0.2, 0.25) is 0 Å². The first kappa shape index (κ1) is 9.76. The molecule has 0 saturated heterocycles. The van der Waals surface area contributed by atoms with Crippen LogP contribution in [0.1, 0.15) is 40.5 Å². The van der Waals surface area contributed by atoms with Crippen molar-refractivity contribution in [2.45, 2.75) is 40.5 Å². The lowest BCUT2D eigenvalue weighted by atomic mass is 9.64. The third-order valence-corrected chi connectivity index (χ3v) is 3.61. The first-order valence-corrected chi connectivity index (χ1v) is 5.08. The van der Waals surface area contributed by atoms with Crippen molar-refractivity contribution in [3.05, 3.63) is 0 Å². The van der Waals surface area contributed by atoms with Gasteiger partial charge in [-0.2, -0.15) is 0 Å². The lowest BCUT2D eigenvalue weighted by molar-refractivity contribution is 0.107. The minimum absolute atomic E-state index is 0.530. The lowest BCUT2D eigenvalue weighted by Gasteiger charge is -2.42. The molecule has 0 aromatic heterocycles. The molecule has 0 aliphatic carbocycles. The normalized spacial score (nSPS) is 22.2. The van der Waals surface area contributed by atoms with E-state index in [-0.39, 0.29) is 0 Å². The van der Waals surface area contributed by atoms with Gasteiger partial charge in [0.1, 0.15) is 0 Å². The fraction of sp³-hybridized carbons (Fsp3) is 0.909. The zero-order chi connectivity index (χ0) is 9.19. The second-order valence-corrected chi connectivity index (χ2v) is 4.59. The number of hydrogen-bond donors (Lipinski definition) is 0. The van der Waals surface area contributed by atoms with Crippen molar-refractivity contribution in [2.75, 3.05) is 6.54 Å². The van der Waals surface area contributed by atoms with Gasteiger partial charge in [-0.05, 0) is 36.3 Å². The van der Waals surface area contributed by atoms with Crippen LogP contribution >= 0.6 is 0 Å². The maximum atomic E-state index is 4.31. The summed E-state index contributed by atoms with van der Waals surface area (Å²) < 4.78 is 0. The van der Waals surface area contributed by atoms with Crippen LogP contribution in [-0.4, -0.2) is 12.8 Å². The topological polar surface area (TPSA) is 12.4 Å². The zero-order valence-corrected chi connectivity index (χ0v) is 8.80. The van der Waals surface area contributed by atoms with Crippen LogP contribution in [0.3, 0.4) is 0 Å². The molecule has 1 nitrogen and oxygen atoms in total. The highest BCUT2D eigenvalue weighted by molar-refractivity contribution is 5.59. The molecule has 0 aromatic carbocycles. The molecule has 1 heterocycles. The summed E-state index contributed by atoms with van der Waals surface area (Å²) in [6, 6.07) is 0. The molecular weight excluding hydrogens is 146 g/mol. The molecule has 1 rings (SSSR count). The summed E-state index contributed by atoms with van der Waals surface area (Å²) in [6.07, 6.45) is 4.59. The molecule has 0 N–H and O–H groups in total. The van der Waals surface area contributed by atoms with Crippen LogP contribution in [0.4, 0.5) is 0 Å². The predicted octanol–water partition coefficient (Wildman–Crippen LogP) is 3.15. The van der Waals surface area contributed by atoms with E-state index in [1.807, 2.05) is 0 Å². The highest BCUT2D eigenvalue weighted by Gasteiger charge is 2.36. The fourth-order valence-corrected chi connectivity index (χ4v) is 2.42. The minimum Gasteiger partial charge on any atom is -0.297 e. The molecule has 0 saturated carbocycles. The van der Waals surface area contributed by atoms with Crippen LogP contribution in [0.15, 0.2) is 4.99 Å². The Hall–Kier alpha value is -0.330. The standard InChI is InChI=1S/C11H21N/c1-9(2)11(10(3)4)5-7-12-8-6-11/h7,9-10H,5-6,8H2,1-4H3. The van der Waals surface area contributed by atoms with Crippen molar-refractivity contribution >= 4 is 6.21 Å².